The molecule has 2 aromatic rings. The third-order valence-electron chi connectivity index (χ3n) is 4.44. The van der Waals surface area contributed by atoms with E-state index in [-0.39, 0.29) is 11.8 Å². The summed E-state index contributed by atoms with van der Waals surface area (Å²) in [6, 6.07) is 16.2. The van der Waals surface area contributed by atoms with Gasteiger partial charge in [-0.15, -0.1) is 0 Å². The average molecular weight is 362 g/mol. The number of rotatable bonds is 6. The van der Waals surface area contributed by atoms with Gasteiger partial charge in [0.25, 0.3) is 0 Å². The summed E-state index contributed by atoms with van der Waals surface area (Å²) in [5, 5.41) is 2.92. The van der Waals surface area contributed by atoms with Crippen molar-refractivity contribution in [2.75, 3.05) is 13.7 Å². The first-order valence-electron chi connectivity index (χ1n) is 8.82. The van der Waals surface area contributed by atoms with Crippen LogP contribution in [0.15, 0.2) is 72.4 Å². The number of hydrogen-bond acceptors (Lipinski definition) is 3. The molecule has 5 nitrogen and oxygen atoms in total. The van der Waals surface area contributed by atoms with Gasteiger partial charge in [-0.3, -0.25) is 4.79 Å². The molecule has 1 atom stereocenters. The van der Waals surface area contributed by atoms with Gasteiger partial charge < -0.3 is 15.0 Å². The number of carbonyl (C=O) groups is 2. The van der Waals surface area contributed by atoms with E-state index >= 15 is 0 Å². The number of carbonyl (C=O) groups excluding carboxylic acids is 2. The first kappa shape index (κ1) is 18.5. The topological polar surface area (TPSA) is 58.6 Å². The number of benzene rings is 2. The summed E-state index contributed by atoms with van der Waals surface area (Å²) in [5.41, 5.74) is 2.29. The lowest BCUT2D eigenvalue weighted by Crippen LogP contribution is -2.44. The van der Waals surface area contributed by atoms with Crippen molar-refractivity contribution >= 4 is 17.9 Å². The van der Waals surface area contributed by atoms with E-state index in [0.717, 1.165) is 16.9 Å². The van der Waals surface area contributed by atoms with E-state index in [1.165, 1.54) is 4.90 Å². The van der Waals surface area contributed by atoms with Gasteiger partial charge in [0.05, 0.1) is 13.2 Å². The third kappa shape index (κ3) is 4.26. The number of methoxy groups -OCH3 is 1. The van der Waals surface area contributed by atoms with Crippen LogP contribution in [-0.4, -0.2) is 30.4 Å². The van der Waals surface area contributed by atoms with E-state index in [9.17, 15) is 9.59 Å². The first-order valence-corrected chi connectivity index (χ1v) is 8.82. The van der Waals surface area contributed by atoms with Crippen molar-refractivity contribution in [2.24, 2.45) is 0 Å². The summed E-state index contributed by atoms with van der Waals surface area (Å²) in [6.45, 7) is 2.35. The Morgan fingerprint density at radius 3 is 2.48 bits per heavy atom. The van der Waals surface area contributed by atoms with Gasteiger partial charge in [-0.05, 0) is 36.3 Å². The van der Waals surface area contributed by atoms with Crippen LogP contribution in [0.3, 0.4) is 0 Å². The van der Waals surface area contributed by atoms with Crippen LogP contribution in [-0.2, 0) is 4.79 Å². The molecule has 27 heavy (non-hydrogen) atoms. The van der Waals surface area contributed by atoms with Crippen LogP contribution in [0.4, 0.5) is 4.79 Å². The predicted octanol–water partition coefficient (Wildman–Crippen LogP) is 3.95. The van der Waals surface area contributed by atoms with E-state index in [4.69, 9.17) is 4.74 Å². The molecule has 0 fully saturated rings. The van der Waals surface area contributed by atoms with E-state index in [1.54, 1.807) is 25.5 Å². The van der Waals surface area contributed by atoms with Crippen molar-refractivity contribution in [2.45, 2.75) is 13.0 Å². The van der Waals surface area contributed by atoms with Crippen LogP contribution in [0, 0.1) is 0 Å². The maximum absolute atomic E-state index is 12.9. The van der Waals surface area contributed by atoms with Crippen molar-refractivity contribution < 1.29 is 14.3 Å². The lowest BCUT2D eigenvalue weighted by atomic mass is 9.94. The molecule has 3 rings (SSSR count). The molecule has 0 saturated carbocycles. The second-order valence-corrected chi connectivity index (χ2v) is 6.13. The van der Waals surface area contributed by atoms with E-state index < -0.39 is 6.04 Å². The summed E-state index contributed by atoms with van der Waals surface area (Å²) in [5.74, 6) is 0.579. The second kappa shape index (κ2) is 8.36. The van der Waals surface area contributed by atoms with Gasteiger partial charge in [0, 0.05) is 18.3 Å². The van der Waals surface area contributed by atoms with Crippen molar-refractivity contribution in [1.29, 1.82) is 0 Å². The summed E-state index contributed by atoms with van der Waals surface area (Å²) in [7, 11) is 1.60. The third-order valence-corrected chi connectivity index (χ3v) is 4.44. The van der Waals surface area contributed by atoms with Crippen LogP contribution in [0.25, 0.3) is 6.08 Å². The normalized spacial score (nSPS) is 16.8. The largest absolute Gasteiger partial charge is 0.497 e. The first-order chi connectivity index (χ1) is 13.1. The van der Waals surface area contributed by atoms with Crippen LogP contribution in [0.5, 0.6) is 5.75 Å². The highest BCUT2D eigenvalue weighted by Gasteiger charge is 2.30. The van der Waals surface area contributed by atoms with Gasteiger partial charge in [0.2, 0.25) is 0 Å². The Balaban J connectivity index is 1.92. The Labute approximate surface area is 158 Å². The number of nitrogens with zero attached hydrogens (tertiary/aromatic N) is 1. The zero-order chi connectivity index (χ0) is 19.2. The Morgan fingerprint density at radius 1 is 1.15 bits per heavy atom. The Morgan fingerprint density at radius 2 is 1.85 bits per heavy atom. The molecule has 0 saturated heterocycles. The molecule has 2 aromatic carbocycles. The van der Waals surface area contributed by atoms with Gasteiger partial charge >= 0.3 is 6.03 Å². The monoisotopic (exact) mass is 362 g/mol. The van der Waals surface area contributed by atoms with Crippen molar-refractivity contribution in [1.82, 2.24) is 10.2 Å². The minimum absolute atomic E-state index is 0.141. The molecule has 138 valence electrons. The summed E-state index contributed by atoms with van der Waals surface area (Å²) >= 11 is 0. The van der Waals surface area contributed by atoms with Gasteiger partial charge in [-0.1, -0.05) is 48.5 Å². The number of amides is 2. The Kier molecular flexibility index (Phi) is 5.71. The van der Waals surface area contributed by atoms with Gasteiger partial charge in [-0.25, -0.2) is 4.79 Å². The van der Waals surface area contributed by atoms with Crippen molar-refractivity contribution in [3.63, 3.8) is 0 Å². The lowest BCUT2D eigenvalue weighted by molar-refractivity contribution is -0.111. The molecule has 0 aromatic heterocycles. The van der Waals surface area contributed by atoms with Crippen molar-refractivity contribution in [3.05, 3.63) is 83.6 Å². The molecule has 0 aliphatic carbocycles. The summed E-state index contributed by atoms with van der Waals surface area (Å²) in [4.78, 5) is 26.7. The fourth-order valence-corrected chi connectivity index (χ4v) is 2.92. The van der Waals surface area contributed by atoms with Crippen LogP contribution in [0.1, 0.15) is 24.1 Å². The molecule has 0 spiro atoms. The Bertz CT molecular complexity index is 870. The number of nitrogens with one attached hydrogen (secondary N) is 1. The molecule has 2 amide bonds. The molecular weight excluding hydrogens is 340 g/mol. The lowest BCUT2D eigenvalue weighted by Gasteiger charge is -2.31. The fourth-order valence-electron chi connectivity index (χ4n) is 2.92. The number of urea groups is 1. The van der Waals surface area contributed by atoms with Gasteiger partial charge in [-0.2, -0.15) is 0 Å². The molecule has 1 heterocycles. The molecule has 5 heteroatoms. The minimum atomic E-state index is -0.501. The van der Waals surface area contributed by atoms with Crippen molar-refractivity contribution in [3.8, 4) is 5.75 Å². The second-order valence-electron chi connectivity index (χ2n) is 6.13. The maximum atomic E-state index is 12.9. The van der Waals surface area contributed by atoms with Crippen LogP contribution >= 0.6 is 0 Å². The number of ether oxygens (including phenoxy) is 1. The van der Waals surface area contributed by atoms with Gasteiger partial charge in [0.1, 0.15) is 5.75 Å². The quantitative estimate of drug-likeness (QED) is 0.792. The molecule has 1 N–H and O–H groups in total. The van der Waals surface area contributed by atoms with E-state index in [1.807, 2.05) is 61.5 Å². The van der Waals surface area contributed by atoms with Gasteiger partial charge in [0.15, 0.2) is 5.78 Å². The molecule has 1 aliphatic heterocycles. The highest BCUT2D eigenvalue weighted by Crippen LogP contribution is 2.28. The standard InChI is InChI=1S/C22H22N2O3/c1-3-24-15-19(20(25)14-9-16-7-5-4-6-8-16)21(23-22(24)26)17-10-12-18(27-2)13-11-17/h4-15,21H,3H2,1-2H3,(H,23,26)/b14-9+/t21-/m1/s1. The molecule has 0 unspecified atom stereocenters. The van der Waals surface area contributed by atoms with E-state index in [2.05, 4.69) is 5.32 Å². The fraction of sp³-hybridized carbons (Fsp3) is 0.182. The average Bonchev–Trinajstić information content (AvgIpc) is 2.72. The molecule has 1 aliphatic rings. The Hall–Kier alpha value is -3.34. The molecular formula is C22H22N2O3. The summed E-state index contributed by atoms with van der Waals surface area (Å²) in [6.07, 6.45) is 4.97. The van der Waals surface area contributed by atoms with Crippen LogP contribution in [0.2, 0.25) is 0 Å². The summed E-state index contributed by atoms with van der Waals surface area (Å²) < 4.78 is 5.19. The van der Waals surface area contributed by atoms with Crippen LogP contribution < -0.4 is 10.1 Å². The maximum Gasteiger partial charge on any atom is 0.322 e. The zero-order valence-electron chi connectivity index (χ0n) is 15.4. The number of ketones is 1. The predicted molar refractivity (Wildman–Crippen MR) is 105 cm³/mol. The number of hydrogen-bond donors (Lipinski definition) is 1. The highest BCUT2D eigenvalue weighted by atomic mass is 16.5. The minimum Gasteiger partial charge on any atom is -0.497 e. The molecule has 0 radical (unpaired) electrons. The molecule has 0 bridgehead atoms. The van der Waals surface area contributed by atoms with E-state index in [0.29, 0.717) is 12.1 Å². The zero-order valence-corrected chi connectivity index (χ0v) is 15.4. The smallest absolute Gasteiger partial charge is 0.322 e. The highest BCUT2D eigenvalue weighted by molar-refractivity contribution is 6.08. The SMILES string of the molecule is CCN1C=C(C(=O)/C=C/c2ccccc2)[C@@H](c2ccc(OC)cc2)NC1=O. The number of allylic oxidation sites excluding steroid dienone is 1.